The first-order chi connectivity index (χ1) is 9.08. The molecule has 19 heavy (non-hydrogen) atoms. The van der Waals surface area contributed by atoms with E-state index < -0.39 is 0 Å². The van der Waals surface area contributed by atoms with Crippen LogP contribution < -0.4 is 10.2 Å². The second-order valence-corrected chi connectivity index (χ2v) is 5.71. The summed E-state index contributed by atoms with van der Waals surface area (Å²) in [6.45, 7) is 10.9. The third-order valence-corrected chi connectivity index (χ3v) is 4.19. The van der Waals surface area contributed by atoms with Crippen molar-refractivity contribution in [1.29, 1.82) is 0 Å². The van der Waals surface area contributed by atoms with Gasteiger partial charge in [-0.05, 0) is 40.0 Å². The molecule has 108 valence electrons. The van der Waals surface area contributed by atoms with Crippen LogP contribution in [0.15, 0.2) is 0 Å². The van der Waals surface area contributed by atoms with Crippen molar-refractivity contribution in [3.8, 4) is 0 Å². The van der Waals surface area contributed by atoms with Crippen LogP contribution in [0.3, 0.4) is 0 Å². The maximum absolute atomic E-state index is 4.63. The van der Waals surface area contributed by atoms with Crippen LogP contribution in [0.1, 0.15) is 51.3 Å². The number of anilines is 1. The van der Waals surface area contributed by atoms with E-state index >= 15 is 0 Å². The van der Waals surface area contributed by atoms with Gasteiger partial charge in [-0.3, -0.25) is 4.68 Å². The van der Waals surface area contributed by atoms with Crippen molar-refractivity contribution in [2.45, 2.75) is 65.6 Å². The first-order valence-electron chi connectivity index (χ1n) is 7.60. The Bertz CT molecular complexity index is 420. The smallest absolute Gasteiger partial charge is 0.131 e. The third kappa shape index (κ3) is 3.11. The van der Waals surface area contributed by atoms with E-state index in [1.54, 1.807) is 0 Å². The summed E-state index contributed by atoms with van der Waals surface area (Å²) < 4.78 is 2.05. The summed E-state index contributed by atoms with van der Waals surface area (Å²) in [5, 5.41) is 8.25. The van der Waals surface area contributed by atoms with E-state index in [0.29, 0.717) is 6.04 Å². The molecule has 0 aliphatic heterocycles. The van der Waals surface area contributed by atoms with Crippen LogP contribution >= 0.6 is 0 Å². The Morgan fingerprint density at radius 3 is 2.63 bits per heavy atom. The Morgan fingerprint density at radius 2 is 2.11 bits per heavy atom. The number of rotatable bonds is 7. The third-order valence-electron chi connectivity index (χ3n) is 4.19. The van der Waals surface area contributed by atoms with Gasteiger partial charge in [-0.1, -0.05) is 6.92 Å². The fourth-order valence-corrected chi connectivity index (χ4v) is 2.68. The summed E-state index contributed by atoms with van der Waals surface area (Å²) in [4.78, 5) is 2.48. The fourth-order valence-electron chi connectivity index (χ4n) is 2.68. The molecule has 1 N–H and O–H groups in total. The lowest BCUT2D eigenvalue weighted by molar-refractivity contribution is 0.594. The van der Waals surface area contributed by atoms with Crippen molar-refractivity contribution in [3.63, 3.8) is 0 Å². The summed E-state index contributed by atoms with van der Waals surface area (Å²) in [6, 6.07) is 1.30. The SMILES string of the molecule is CCC(C)N(CC)c1c(CNC2CC2)c(C)nn1C. The molecular formula is C15H28N4. The molecule has 1 aromatic heterocycles. The van der Waals surface area contributed by atoms with Gasteiger partial charge in [-0.15, -0.1) is 0 Å². The molecule has 4 nitrogen and oxygen atoms in total. The van der Waals surface area contributed by atoms with E-state index in [-0.39, 0.29) is 0 Å². The molecule has 1 aromatic rings. The summed E-state index contributed by atoms with van der Waals surface area (Å²) >= 11 is 0. The van der Waals surface area contributed by atoms with Gasteiger partial charge in [0.05, 0.1) is 5.69 Å². The Morgan fingerprint density at radius 1 is 1.42 bits per heavy atom. The molecule has 1 aliphatic rings. The maximum atomic E-state index is 4.63. The Balaban J connectivity index is 2.24. The predicted molar refractivity (Wildman–Crippen MR) is 80.6 cm³/mol. The fraction of sp³-hybridized carbons (Fsp3) is 0.800. The van der Waals surface area contributed by atoms with E-state index in [1.165, 1.54) is 24.2 Å². The van der Waals surface area contributed by atoms with Gasteiger partial charge < -0.3 is 10.2 Å². The molecule has 4 heteroatoms. The molecule has 1 atom stereocenters. The van der Waals surface area contributed by atoms with Gasteiger partial charge in [0.15, 0.2) is 0 Å². The molecular weight excluding hydrogens is 236 g/mol. The van der Waals surface area contributed by atoms with Gasteiger partial charge >= 0.3 is 0 Å². The molecule has 0 bridgehead atoms. The largest absolute Gasteiger partial charge is 0.354 e. The zero-order valence-electron chi connectivity index (χ0n) is 13.0. The van der Waals surface area contributed by atoms with Crippen LogP contribution in [0.5, 0.6) is 0 Å². The van der Waals surface area contributed by atoms with Gasteiger partial charge in [0, 0.05) is 37.8 Å². The van der Waals surface area contributed by atoms with E-state index in [1.807, 2.05) is 0 Å². The zero-order valence-corrected chi connectivity index (χ0v) is 13.0. The van der Waals surface area contributed by atoms with Crippen molar-refractivity contribution < 1.29 is 0 Å². The predicted octanol–water partition coefficient (Wildman–Crippen LogP) is 2.61. The van der Waals surface area contributed by atoms with Gasteiger partial charge in [0.2, 0.25) is 0 Å². The first-order valence-corrected chi connectivity index (χ1v) is 7.60. The van der Waals surface area contributed by atoms with Crippen molar-refractivity contribution >= 4 is 5.82 Å². The van der Waals surface area contributed by atoms with Crippen molar-refractivity contribution in [1.82, 2.24) is 15.1 Å². The quantitative estimate of drug-likeness (QED) is 0.822. The molecule has 0 aromatic carbocycles. The number of nitrogens with one attached hydrogen (secondary N) is 1. The number of hydrogen-bond donors (Lipinski definition) is 1. The minimum atomic E-state index is 0.555. The normalized spacial score (nSPS) is 16.7. The Kier molecular flexibility index (Phi) is 4.50. The van der Waals surface area contributed by atoms with E-state index in [2.05, 4.69) is 54.7 Å². The lowest BCUT2D eigenvalue weighted by Gasteiger charge is -2.30. The van der Waals surface area contributed by atoms with E-state index in [4.69, 9.17) is 0 Å². The Labute approximate surface area is 117 Å². The molecule has 1 saturated carbocycles. The molecule has 1 fully saturated rings. The van der Waals surface area contributed by atoms with Gasteiger partial charge in [-0.2, -0.15) is 5.10 Å². The van der Waals surface area contributed by atoms with Crippen LogP contribution in [0, 0.1) is 6.92 Å². The second-order valence-electron chi connectivity index (χ2n) is 5.71. The van der Waals surface area contributed by atoms with Crippen LogP contribution in [0.25, 0.3) is 0 Å². The average Bonchev–Trinajstić information content (AvgIpc) is 3.16. The first kappa shape index (κ1) is 14.4. The lowest BCUT2D eigenvalue weighted by Crippen LogP contribution is -2.35. The van der Waals surface area contributed by atoms with Crippen molar-refractivity contribution in [3.05, 3.63) is 11.3 Å². The number of aryl methyl sites for hydroxylation is 2. The number of aromatic nitrogens is 2. The number of hydrogen-bond acceptors (Lipinski definition) is 3. The molecule has 0 radical (unpaired) electrons. The molecule has 2 rings (SSSR count). The molecule has 1 unspecified atom stereocenters. The highest BCUT2D eigenvalue weighted by molar-refractivity contribution is 5.51. The summed E-state index contributed by atoms with van der Waals surface area (Å²) in [7, 11) is 2.06. The summed E-state index contributed by atoms with van der Waals surface area (Å²) in [5.74, 6) is 1.29. The molecule has 0 spiro atoms. The van der Waals surface area contributed by atoms with Crippen LogP contribution in [-0.4, -0.2) is 28.4 Å². The minimum Gasteiger partial charge on any atom is -0.354 e. The minimum absolute atomic E-state index is 0.555. The highest BCUT2D eigenvalue weighted by Gasteiger charge is 2.25. The molecule has 1 aliphatic carbocycles. The Hall–Kier alpha value is -1.03. The molecule has 0 amide bonds. The highest BCUT2D eigenvalue weighted by atomic mass is 15.4. The molecule has 0 saturated heterocycles. The summed E-state index contributed by atoms with van der Waals surface area (Å²) in [6.07, 6.45) is 3.82. The van der Waals surface area contributed by atoms with Crippen LogP contribution in [0.2, 0.25) is 0 Å². The molecule has 1 heterocycles. The van der Waals surface area contributed by atoms with E-state index in [0.717, 1.165) is 31.2 Å². The maximum Gasteiger partial charge on any atom is 0.131 e. The van der Waals surface area contributed by atoms with Crippen molar-refractivity contribution in [2.75, 3.05) is 11.4 Å². The monoisotopic (exact) mass is 264 g/mol. The van der Waals surface area contributed by atoms with Crippen LogP contribution in [-0.2, 0) is 13.6 Å². The second kappa shape index (κ2) is 5.95. The van der Waals surface area contributed by atoms with Gasteiger partial charge in [0.25, 0.3) is 0 Å². The van der Waals surface area contributed by atoms with E-state index in [9.17, 15) is 0 Å². The van der Waals surface area contributed by atoms with Crippen LogP contribution in [0.4, 0.5) is 5.82 Å². The lowest BCUT2D eigenvalue weighted by atomic mass is 10.1. The number of nitrogens with zero attached hydrogens (tertiary/aromatic N) is 3. The zero-order chi connectivity index (χ0) is 14.0. The van der Waals surface area contributed by atoms with Gasteiger partial charge in [0.1, 0.15) is 5.82 Å². The average molecular weight is 264 g/mol. The summed E-state index contributed by atoms with van der Waals surface area (Å²) in [5.41, 5.74) is 2.53. The topological polar surface area (TPSA) is 33.1 Å². The standard InChI is InChI=1S/C15H28N4/c1-6-11(3)19(7-2)15-14(10-16-13-8-9-13)12(4)17-18(15)5/h11,13,16H,6-10H2,1-5H3. The highest BCUT2D eigenvalue weighted by Crippen LogP contribution is 2.27. The van der Waals surface area contributed by atoms with Gasteiger partial charge in [-0.25, -0.2) is 0 Å². The van der Waals surface area contributed by atoms with Crippen molar-refractivity contribution in [2.24, 2.45) is 7.05 Å².